The number of benzene rings is 2. The van der Waals surface area contributed by atoms with Crippen LogP contribution in [0.4, 0.5) is 0 Å². The van der Waals surface area contributed by atoms with Crippen LogP contribution in [0.5, 0.6) is 17.2 Å². The number of ether oxygens (including phenoxy) is 3. The fraction of sp³-hybridized carbons (Fsp3) is 0.286. The summed E-state index contributed by atoms with van der Waals surface area (Å²) in [4.78, 5) is 12.2. The van der Waals surface area contributed by atoms with Crippen LogP contribution >= 0.6 is 0 Å². The van der Waals surface area contributed by atoms with Crippen LogP contribution in [-0.2, 0) is 22.4 Å². The van der Waals surface area contributed by atoms with Gasteiger partial charge in [0.05, 0.1) is 20.0 Å². The molecule has 0 unspecified atom stereocenters. The Morgan fingerprint density at radius 3 is 2.28 bits per heavy atom. The number of fused-ring (bicyclic) bond motifs is 7. The minimum Gasteiger partial charge on any atom is -0.501 e. The zero-order valence-electron chi connectivity index (χ0n) is 14.6. The molecule has 0 atom stereocenters. The molecule has 0 amide bonds. The van der Waals surface area contributed by atoms with Crippen molar-refractivity contribution in [3.8, 4) is 17.2 Å². The summed E-state index contributed by atoms with van der Waals surface area (Å²) in [7, 11) is 3.23. The Morgan fingerprint density at radius 2 is 1.56 bits per heavy atom. The molecule has 4 bridgehead atoms. The summed E-state index contributed by atoms with van der Waals surface area (Å²) >= 11 is 0. The third kappa shape index (κ3) is 4.41. The highest BCUT2D eigenvalue weighted by molar-refractivity contribution is 5.90. The van der Waals surface area contributed by atoms with Crippen LogP contribution in [-0.4, -0.2) is 20.0 Å². The number of carbonyl (C=O) groups is 1. The van der Waals surface area contributed by atoms with Crippen molar-refractivity contribution in [3.05, 3.63) is 65.4 Å². The van der Waals surface area contributed by atoms with Gasteiger partial charge in [0.1, 0.15) is 5.75 Å². The molecule has 130 valence electrons. The molecule has 4 heteroatoms. The van der Waals surface area contributed by atoms with Crippen molar-refractivity contribution in [1.29, 1.82) is 0 Å². The summed E-state index contributed by atoms with van der Waals surface area (Å²) in [5.74, 6) is 2.87. The summed E-state index contributed by atoms with van der Waals surface area (Å²) in [6.07, 6.45) is 4.20. The van der Waals surface area contributed by atoms with Crippen molar-refractivity contribution in [1.82, 2.24) is 0 Å². The van der Waals surface area contributed by atoms with E-state index in [-0.39, 0.29) is 5.78 Å². The predicted molar refractivity (Wildman–Crippen MR) is 96.3 cm³/mol. The summed E-state index contributed by atoms with van der Waals surface area (Å²) in [5, 5.41) is 0. The molecule has 0 N–H and O–H groups in total. The first kappa shape index (κ1) is 17.1. The summed E-state index contributed by atoms with van der Waals surface area (Å²) < 4.78 is 16.7. The lowest BCUT2D eigenvalue weighted by atomic mass is 10.1. The monoisotopic (exact) mass is 338 g/mol. The normalized spacial score (nSPS) is 14.8. The van der Waals surface area contributed by atoms with E-state index in [2.05, 4.69) is 0 Å². The van der Waals surface area contributed by atoms with E-state index in [4.69, 9.17) is 14.2 Å². The smallest absolute Gasteiger partial charge is 0.169 e. The Balaban J connectivity index is 1.97. The van der Waals surface area contributed by atoms with Crippen molar-refractivity contribution < 1.29 is 19.0 Å². The Labute approximate surface area is 148 Å². The van der Waals surface area contributed by atoms with Gasteiger partial charge in [0, 0.05) is 18.9 Å². The third-order valence-corrected chi connectivity index (χ3v) is 4.28. The van der Waals surface area contributed by atoms with E-state index >= 15 is 0 Å². The molecule has 4 nitrogen and oxygen atoms in total. The van der Waals surface area contributed by atoms with Gasteiger partial charge in [-0.15, -0.1) is 0 Å². The van der Waals surface area contributed by atoms with E-state index in [0.29, 0.717) is 30.8 Å². The van der Waals surface area contributed by atoms with Crippen LogP contribution in [0, 0.1) is 0 Å². The molecule has 2 aliphatic heterocycles. The average Bonchev–Trinajstić information content (AvgIpc) is 2.64. The number of methoxy groups -OCH3 is 2. The average molecular weight is 338 g/mol. The van der Waals surface area contributed by atoms with Crippen molar-refractivity contribution in [2.24, 2.45) is 0 Å². The molecule has 0 aliphatic carbocycles. The fourth-order valence-electron chi connectivity index (χ4n) is 2.83. The highest BCUT2D eigenvalue weighted by Crippen LogP contribution is 2.33. The highest BCUT2D eigenvalue weighted by atomic mass is 16.5. The van der Waals surface area contributed by atoms with Gasteiger partial charge in [-0.25, -0.2) is 0 Å². The standard InChI is InChI=1S/C21H22O4/c1-23-19-11-6-15-4-9-18(10-5-15)25-21-13-16(3-8-17(22)14-19)7-12-20(21)24-2/h4-5,7,9-10,12-14H,3,6,8,11H2,1-2H3. The first-order valence-electron chi connectivity index (χ1n) is 8.39. The van der Waals surface area contributed by atoms with Gasteiger partial charge in [-0.1, -0.05) is 18.2 Å². The van der Waals surface area contributed by atoms with Gasteiger partial charge in [0.2, 0.25) is 0 Å². The Bertz CT molecular complexity index is 775. The second-order valence-corrected chi connectivity index (χ2v) is 6.01. The molecule has 0 aromatic heterocycles. The van der Waals surface area contributed by atoms with E-state index in [1.165, 1.54) is 5.56 Å². The van der Waals surface area contributed by atoms with Crippen molar-refractivity contribution in [2.75, 3.05) is 14.2 Å². The van der Waals surface area contributed by atoms with Crippen molar-refractivity contribution in [2.45, 2.75) is 25.7 Å². The summed E-state index contributed by atoms with van der Waals surface area (Å²) in [6, 6.07) is 13.7. The first-order valence-corrected chi connectivity index (χ1v) is 8.39. The molecule has 25 heavy (non-hydrogen) atoms. The number of hydrogen-bond donors (Lipinski definition) is 0. The number of allylic oxidation sites excluding steroid dienone is 2. The molecule has 0 fully saturated rings. The Morgan fingerprint density at radius 1 is 0.840 bits per heavy atom. The van der Waals surface area contributed by atoms with Gasteiger partial charge >= 0.3 is 0 Å². The van der Waals surface area contributed by atoms with Gasteiger partial charge < -0.3 is 14.2 Å². The van der Waals surface area contributed by atoms with E-state index < -0.39 is 0 Å². The van der Waals surface area contributed by atoms with Gasteiger partial charge in [-0.05, 0) is 48.2 Å². The van der Waals surface area contributed by atoms with E-state index in [9.17, 15) is 4.79 Å². The summed E-state index contributed by atoms with van der Waals surface area (Å²) in [5.41, 5.74) is 2.20. The Kier molecular flexibility index (Phi) is 5.39. The number of hydrogen-bond acceptors (Lipinski definition) is 4. The predicted octanol–water partition coefficient (Wildman–Crippen LogP) is 4.47. The van der Waals surface area contributed by atoms with Crippen LogP contribution in [0.25, 0.3) is 0 Å². The van der Waals surface area contributed by atoms with E-state index in [0.717, 1.165) is 23.5 Å². The zero-order valence-corrected chi connectivity index (χ0v) is 14.6. The lowest BCUT2D eigenvalue weighted by Crippen LogP contribution is -2.00. The maximum atomic E-state index is 12.2. The van der Waals surface area contributed by atoms with Crippen molar-refractivity contribution in [3.63, 3.8) is 0 Å². The zero-order chi connectivity index (χ0) is 17.6. The Hall–Kier alpha value is -2.75. The lowest BCUT2D eigenvalue weighted by molar-refractivity contribution is -0.114. The SMILES string of the molecule is COC1=CC(=O)CCc2ccc(OC)c(c2)Oc2ccc(cc2)CC1. The molecular weight excluding hydrogens is 316 g/mol. The van der Waals surface area contributed by atoms with Gasteiger partial charge in [-0.3, -0.25) is 4.79 Å². The van der Waals surface area contributed by atoms with E-state index in [1.54, 1.807) is 20.3 Å². The van der Waals surface area contributed by atoms with Gasteiger partial charge in [0.25, 0.3) is 0 Å². The molecule has 0 radical (unpaired) electrons. The molecule has 4 rings (SSSR count). The number of ketones is 1. The highest BCUT2D eigenvalue weighted by Gasteiger charge is 2.10. The minimum absolute atomic E-state index is 0.0692. The number of carbonyl (C=O) groups excluding carboxylic acids is 1. The fourth-order valence-corrected chi connectivity index (χ4v) is 2.83. The second-order valence-electron chi connectivity index (χ2n) is 6.01. The quantitative estimate of drug-likeness (QED) is 0.811. The van der Waals surface area contributed by atoms with Gasteiger partial charge in [-0.2, -0.15) is 0 Å². The van der Waals surface area contributed by atoms with Crippen molar-refractivity contribution >= 4 is 5.78 Å². The van der Waals surface area contributed by atoms with Crippen LogP contribution < -0.4 is 9.47 Å². The van der Waals surface area contributed by atoms with Crippen LogP contribution in [0.3, 0.4) is 0 Å². The first-order chi connectivity index (χ1) is 12.2. The molecular formula is C21H22O4. The molecule has 0 spiro atoms. The molecule has 2 heterocycles. The topological polar surface area (TPSA) is 44.8 Å². The molecule has 2 aromatic carbocycles. The number of aryl methyl sites for hydroxylation is 2. The van der Waals surface area contributed by atoms with Crippen LogP contribution in [0.2, 0.25) is 0 Å². The number of rotatable bonds is 2. The minimum atomic E-state index is 0.0692. The van der Waals surface area contributed by atoms with Crippen LogP contribution in [0.15, 0.2) is 54.3 Å². The van der Waals surface area contributed by atoms with Crippen LogP contribution in [0.1, 0.15) is 24.0 Å². The summed E-state index contributed by atoms with van der Waals surface area (Å²) in [6.45, 7) is 0. The van der Waals surface area contributed by atoms with E-state index in [1.807, 2.05) is 42.5 Å². The molecule has 2 aromatic rings. The largest absolute Gasteiger partial charge is 0.501 e. The molecule has 2 aliphatic rings. The second kappa shape index (κ2) is 7.88. The third-order valence-electron chi connectivity index (χ3n) is 4.28. The van der Waals surface area contributed by atoms with Gasteiger partial charge in [0.15, 0.2) is 17.3 Å². The molecule has 0 saturated carbocycles. The lowest BCUT2D eigenvalue weighted by Gasteiger charge is -2.12. The maximum absolute atomic E-state index is 12.2. The molecule has 0 saturated heterocycles. The maximum Gasteiger partial charge on any atom is 0.169 e.